The van der Waals surface area contributed by atoms with Crippen LogP contribution in [0.4, 0.5) is 4.39 Å². The molecule has 1 aromatic heterocycles. The van der Waals surface area contributed by atoms with Crippen LogP contribution in [0, 0.1) is 19.7 Å². The average Bonchev–Trinajstić information content (AvgIpc) is 2.92. The van der Waals surface area contributed by atoms with Crippen molar-refractivity contribution in [3.05, 3.63) is 64.5 Å². The minimum atomic E-state index is -0.886. The Morgan fingerprint density at radius 2 is 2.00 bits per heavy atom. The van der Waals surface area contributed by atoms with Gasteiger partial charge in [0.25, 0.3) is 11.7 Å². The maximum Gasteiger partial charge on any atom is 0.295 e. The monoisotopic (exact) mass is 412 g/mol. The van der Waals surface area contributed by atoms with E-state index in [1.165, 1.54) is 29.3 Å². The molecular weight excluding hydrogens is 387 g/mol. The van der Waals surface area contributed by atoms with Gasteiger partial charge in [-0.15, -0.1) is 0 Å². The highest BCUT2D eigenvalue weighted by Crippen LogP contribution is 2.39. The summed E-state index contributed by atoms with van der Waals surface area (Å²) in [6.45, 7) is 4.41. The summed E-state index contributed by atoms with van der Waals surface area (Å²) in [5.41, 5.74) is 1.10. The second kappa shape index (κ2) is 8.71. The van der Waals surface area contributed by atoms with Crippen molar-refractivity contribution in [2.75, 3.05) is 27.2 Å². The van der Waals surface area contributed by atoms with Crippen molar-refractivity contribution in [2.24, 2.45) is 0 Å². The van der Waals surface area contributed by atoms with Crippen LogP contribution in [0.15, 0.2) is 36.0 Å². The second-order valence-electron chi connectivity index (χ2n) is 7.62. The first-order valence-corrected chi connectivity index (χ1v) is 9.70. The third kappa shape index (κ3) is 4.23. The lowest BCUT2D eigenvalue weighted by Crippen LogP contribution is -2.32. The van der Waals surface area contributed by atoms with Gasteiger partial charge in [0.2, 0.25) is 0 Å². The number of aliphatic hydroxyl groups excluding tert-OH is 1. The van der Waals surface area contributed by atoms with Gasteiger partial charge in [0.05, 0.1) is 22.9 Å². The van der Waals surface area contributed by atoms with Crippen molar-refractivity contribution in [1.82, 2.24) is 19.8 Å². The number of aryl methyl sites for hydroxylation is 2. The molecule has 7 nitrogen and oxygen atoms in total. The van der Waals surface area contributed by atoms with Gasteiger partial charge in [0.15, 0.2) is 0 Å². The van der Waals surface area contributed by atoms with Crippen LogP contribution in [-0.4, -0.2) is 63.7 Å². The first kappa shape index (κ1) is 21.6. The minimum Gasteiger partial charge on any atom is -0.507 e. The minimum absolute atomic E-state index is 0.0778. The van der Waals surface area contributed by atoms with Crippen LogP contribution < -0.4 is 0 Å². The Bertz CT molecular complexity index is 1020. The van der Waals surface area contributed by atoms with Gasteiger partial charge >= 0.3 is 0 Å². The third-order valence-corrected chi connectivity index (χ3v) is 5.06. The van der Waals surface area contributed by atoms with Gasteiger partial charge in [-0.1, -0.05) is 12.1 Å². The summed E-state index contributed by atoms with van der Waals surface area (Å²) in [5, 5.41) is 11.0. The quantitative estimate of drug-likeness (QED) is 0.446. The number of carbonyl (C=O) groups is 2. The maximum atomic E-state index is 14.0. The Balaban J connectivity index is 2.13. The topological polar surface area (TPSA) is 86.6 Å². The van der Waals surface area contributed by atoms with Crippen LogP contribution >= 0.6 is 0 Å². The van der Waals surface area contributed by atoms with Crippen LogP contribution in [0.1, 0.15) is 35.1 Å². The van der Waals surface area contributed by atoms with Crippen LogP contribution in [0.5, 0.6) is 0 Å². The van der Waals surface area contributed by atoms with Gasteiger partial charge in [-0.3, -0.25) is 9.59 Å². The van der Waals surface area contributed by atoms with E-state index in [2.05, 4.69) is 9.97 Å². The fourth-order valence-electron chi connectivity index (χ4n) is 3.65. The van der Waals surface area contributed by atoms with Crippen molar-refractivity contribution < 1.29 is 19.1 Å². The van der Waals surface area contributed by atoms with E-state index in [9.17, 15) is 19.1 Å². The van der Waals surface area contributed by atoms with Crippen LogP contribution in [0.25, 0.3) is 5.76 Å². The third-order valence-electron chi connectivity index (χ3n) is 5.06. The van der Waals surface area contributed by atoms with Crippen molar-refractivity contribution in [2.45, 2.75) is 26.3 Å². The lowest BCUT2D eigenvalue weighted by Gasteiger charge is -2.26. The molecule has 2 aromatic rings. The zero-order chi connectivity index (χ0) is 22.0. The molecule has 1 N–H and O–H groups in total. The maximum absolute atomic E-state index is 14.0. The molecule has 0 unspecified atom stereocenters. The summed E-state index contributed by atoms with van der Waals surface area (Å²) >= 11 is 0. The van der Waals surface area contributed by atoms with E-state index >= 15 is 0 Å². The summed E-state index contributed by atoms with van der Waals surface area (Å²) in [6, 6.07) is 4.85. The number of carbonyl (C=O) groups excluding carboxylic acids is 2. The van der Waals surface area contributed by atoms with E-state index in [4.69, 9.17) is 0 Å². The molecular formula is C22H25FN4O3. The van der Waals surface area contributed by atoms with Crippen LogP contribution in [0.2, 0.25) is 0 Å². The number of benzene rings is 1. The summed E-state index contributed by atoms with van der Waals surface area (Å²) < 4.78 is 14.0. The van der Waals surface area contributed by atoms with Crippen LogP contribution in [-0.2, 0) is 9.59 Å². The van der Waals surface area contributed by atoms with Crippen molar-refractivity contribution >= 4 is 17.4 Å². The number of aromatic nitrogens is 2. The van der Waals surface area contributed by atoms with E-state index in [0.717, 1.165) is 0 Å². The smallest absolute Gasteiger partial charge is 0.295 e. The number of Topliss-reactive ketones (excluding diaryl/α,β-unsaturated/α-hetero) is 1. The van der Waals surface area contributed by atoms with Crippen LogP contribution in [0.3, 0.4) is 0 Å². The number of halogens is 1. The highest BCUT2D eigenvalue weighted by molar-refractivity contribution is 6.46. The molecule has 0 radical (unpaired) electrons. The molecule has 1 fully saturated rings. The van der Waals surface area contributed by atoms with Gasteiger partial charge < -0.3 is 14.9 Å². The van der Waals surface area contributed by atoms with Gasteiger partial charge in [-0.25, -0.2) is 14.4 Å². The highest BCUT2D eigenvalue weighted by Gasteiger charge is 2.46. The van der Waals surface area contributed by atoms with Crippen molar-refractivity contribution in [3.63, 3.8) is 0 Å². The Kier molecular flexibility index (Phi) is 6.26. The summed E-state index contributed by atoms with van der Waals surface area (Å²) in [5.74, 6) is -1.83. The Labute approximate surface area is 174 Å². The number of likely N-dealkylation sites (tertiary alicyclic amines) is 1. The average molecular weight is 412 g/mol. The van der Waals surface area contributed by atoms with E-state index in [1.807, 2.05) is 19.0 Å². The molecule has 0 spiro atoms. The first-order chi connectivity index (χ1) is 14.2. The van der Waals surface area contributed by atoms with E-state index in [0.29, 0.717) is 36.6 Å². The molecule has 0 aliphatic carbocycles. The molecule has 1 amide bonds. The standard InChI is InChI=1S/C22H25FN4O3/c1-13-17(12-24-14(2)25-13)20(28)18-19(15-7-5-8-16(23)11-15)27(22(30)21(18)29)10-6-9-26(3)4/h5,7-8,11-12,19,28H,6,9-10H2,1-4H3/t19-/m0/s1. The molecule has 3 rings (SSSR count). The molecule has 1 aliphatic heterocycles. The molecule has 1 atom stereocenters. The van der Waals surface area contributed by atoms with Crippen molar-refractivity contribution in [3.8, 4) is 0 Å². The summed E-state index contributed by atoms with van der Waals surface area (Å²) in [4.78, 5) is 37.4. The number of ketones is 1. The number of rotatable bonds is 6. The van der Waals surface area contributed by atoms with Gasteiger partial charge in [-0.2, -0.15) is 0 Å². The molecule has 1 aromatic carbocycles. The lowest BCUT2D eigenvalue weighted by atomic mass is 9.95. The Hall–Kier alpha value is -3.13. The largest absolute Gasteiger partial charge is 0.507 e. The van der Waals surface area contributed by atoms with Gasteiger partial charge in [-0.05, 0) is 58.6 Å². The molecule has 1 saturated heterocycles. The molecule has 2 heterocycles. The van der Waals surface area contributed by atoms with Gasteiger partial charge in [0, 0.05) is 12.7 Å². The van der Waals surface area contributed by atoms with Gasteiger partial charge in [0.1, 0.15) is 17.4 Å². The fourth-order valence-corrected chi connectivity index (χ4v) is 3.65. The number of hydrogen-bond donors (Lipinski definition) is 1. The molecule has 0 saturated carbocycles. The fraction of sp³-hybridized carbons (Fsp3) is 0.364. The number of aliphatic hydroxyl groups is 1. The predicted molar refractivity (Wildman–Crippen MR) is 110 cm³/mol. The SMILES string of the molecule is Cc1ncc(C(O)=C2C(=O)C(=O)N(CCCN(C)C)[C@H]2c2cccc(F)c2)c(C)n1. The number of hydrogen-bond acceptors (Lipinski definition) is 6. The number of nitrogens with zero attached hydrogens (tertiary/aromatic N) is 4. The first-order valence-electron chi connectivity index (χ1n) is 9.70. The summed E-state index contributed by atoms with van der Waals surface area (Å²) in [7, 11) is 3.83. The molecule has 30 heavy (non-hydrogen) atoms. The second-order valence-corrected chi connectivity index (χ2v) is 7.62. The lowest BCUT2D eigenvalue weighted by molar-refractivity contribution is -0.139. The highest BCUT2D eigenvalue weighted by atomic mass is 19.1. The van der Waals surface area contributed by atoms with E-state index < -0.39 is 23.5 Å². The molecule has 0 bridgehead atoms. The van der Waals surface area contributed by atoms with E-state index in [1.54, 1.807) is 19.9 Å². The zero-order valence-corrected chi connectivity index (χ0v) is 17.5. The van der Waals surface area contributed by atoms with E-state index in [-0.39, 0.29) is 16.9 Å². The normalized spacial score (nSPS) is 18.5. The number of amides is 1. The molecule has 8 heteroatoms. The molecule has 1 aliphatic rings. The summed E-state index contributed by atoms with van der Waals surface area (Å²) in [6.07, 6.45) is 2.05. The zero-order valence-electron chi connectivity index (χ0n) is 17.5. The Morgan fingerprint density at radius 1 is 1.27 bits per heavy atom. The Morgan fingerprint density at radius 3 is 2.63 bits per heavy atom. The molecule has 158 valence electrons. The predicted octanol–water partition coefficient (Wildman–Crippen LogP) is 2.61. The van der Waals surface area contributed by atoms with Crippen molar-refractivity contribution in [1.29, 1.82) is 0 Å².